The van der Waals surface area contributed by atoms with Crippen LogP contribution in [0.25, 0.3) is 0 Å². The van der Waals surface area contributed by atoms with Crippen molar-refractivity contribution < 1.29 is 9.50 Å². The van der Waals surface area contributed by atoms with Gasteiger partial charge in [-0.3, -0.25) is 4.90 Å². The molecule has 0 amide bonds. The van der Waals surface area contributed by atoms with E-state index in [4.69, 9.17) is 0 Å². The molecule has 140 valence electrons. The second-order valence-electron chi connectivity index (χ2n) is 7.09. The normalized spacial score (nSPS) is 19.2. The molecule has 0 bridgehead atoms. The second-order valence-corrected chi connectivity index (χ2v) is 7.09. The fraction of sp³-hybridized carbons (Fsp3) is 0.217. The van der Waals surface area contributed by atoms with Gasteiger partial charge in [-0.25, -0.2) is 4.39 Å². The summed E-state index contributed by atoms with van der Waals surface area (Å²) in [5.41, 5.74) is 2.67. The first-order chi connectivity index (χ1) is 12.6. The van der Waals surface area contributed by atoms with Gasteiger partial charge in [0.05, 0.1) is 0 Å². The maximum absolute atomic E-state index is 14.2. The van der Waals surface area contributed by atoms with E-state index in [1.807, 2.05) is 42.5 Å². The third-order valence-electron chi connectivity index (χ3n) is 5.09. The fourth-order valence-corrected chi connectivity index (χ4v) is 3.93. The molecule has 1 atom stereocenters. The lowest BCUT2D eigenvalue weighted by atomic mass is 9.81. The van der Waals surface area contributed by atoms with E-state index < -0.39 is 5.60 Å². The minimum Gasteiger partial charge on any atom is -0.383 e. The predicted octanol–water partition coefficient (Wildman–Crippen LogP) is 4.69. The third-order valence-corrected chi connectivity index (χ3v) is 5.09. The van der Waals surface area contributed by atoms with Crippen LogP contribution in [0, 0.1) is 5.82 Å². The van der Waals surface area contributed by atoms with Crippen molar-refractivity contribution in [3.05, 3.63) is 107 Å². The van der Waals surface area contributed by atoms with Crippen molar-refractivity contribution in [1.82, 2.24) is 4.90 Å². The Bertz CT molecular complexity index is 902. The molecule has 1 N–H and O–H groups in total. The van der Waals surface area contributed by atoms with Gasteiger partial charge in [0, 0.05) is 26.1 Å². The summed E-state index contributed by atoms with van der Waals surface area (Å²) in [5.74, 6) is -0.265. The second kappa shape index (κ2) is 8.22. The van der Waals surface area contributed by atoms with Gasteiger partial charge >= 0.3 is 0 Å². The average molecular weight is 384 g/mol. The maximum Gasteiger partial charge on any atom is 0.126 e. The van der Waals surface area contributed by atoms with Gasteiger partial charge in [0.25, 0.3) is 0 Å². The number of benzene rings is 3. The molecular weight excluding hydrogens is 361 g/mol. The zero-order valence-corrected chi connectivity index (χ0v) is 15.8. The summed E-state index contributed by atoms with van der Waals surface area (Å²) in [6.07, 6.45) is 0.266. The number of fused-ring (bicyclic) bond motifs is 1. The summed E-state index contributed by atoms with van der Waals surface area (Å²) in [5, 5.41) is 11.5. The standard InChI is InChI=1S/C23H22FNO.ClH/c24-22-13-7-5-10-19(22)14-23(26)17-25(15-18-8-2-1-3-9-18)16-20-11-4-6-12-21(20)23;/h1-13,26H,14-17H2;1H. The van der Waals surface area contributed by atoms with Gasteiger partial charge in [-0.15, -0.1) is 12.4 Å². The number of halogens is 2. The van der Waals surface area contributed by atoms with E-state index in [2.05, 4.69) is 23.1 Å². The van der Waals surface area contributed by atoms with Crippen LogP contribution < -0.4 is 0 Å². The summed E-state index contributed by atoms with van der Waals surface area (Å²) in [4.78, 5) is 2.23. The summed E-state index contributed by atoms with van der Waals surface area (Å²) in [6.45, 7) is 2.02. The minimum atomic E-state index is -1.11. The van der Waals surface area contributed by atoms with E-state index >= 15 is 0 Å². The number of nitrogens with zero attached hydrogens (tertiary/aromatic N) is 1. The quantitative estimate of drug-likeness (QED) is 0.706. The molecule has 4 rings (SSSR count). The van der Waals surface area contributed by atoms with Gasteiger partial charge in [-0.2, -0.15) is 0 Å². The molecule has 2 nitrogen and oxygen atoms in total. The molecule has 1 unspecified atom stereocenters. The summed E-state index contributed by atoms with van der Waals surface area (Å²) < 4.78 is 14.2. The highest BCUT2D eigenvalue weighted by Gasteiger charge is 2.38. The zero-order valence-electron chi connectivity index (χ0n) is 15.0. The average Bonchev–Trinajstić information content (AvgIpc) is 2.64. The monoisotopic (exact) mass is 383 g/mol. The smallest absolute Gasteiger partial charge is 0.126 e. The Labute approximate surface area is 165 Å². The number of rotatable bonds is 4. The molecule has 0 spiro atoms. The van der Waals surface area contributed by atoms with Crippen LogP contribution >= 0.6 is 12.4 Å². The summed E-state index contributed by atoms with van der Waals surface area (Å²) in [7, 11) is 0. The van der Waals surface area contributed by atoms with Crippen molar-refractivity contribution in [3.63, 3.8) is 0 Å². The third kappa shape index (κ3) is 4.22. The van der Waals surface area contributed by atoms with Crippen molar-refractivity contribution >= 4 is 12.4 Å². The van der Waals surface area contributed by atoms with Gasteiger partial charge in [0.2, 0.25) is 0 Å². The highest BCUT2D eigenvalue weighted by atomic mass is 35.5. The van der Waals surface area contributed by atoms with E-state index in [-0.39, 0.29) is 24.6 Å². The highest BCUT2D eigenvalue weighted by molar-refractivity contribution is 5.85. The molecule has 1 aliphatic rings. The Morgan fingerprint density at radius 1 is 0.889 bits per heavy atom. The molecule has 0 aromatic heterocycles. The lowest BCUT2D eigenvalue weighted by Crippen LogP contribution is -2.46. The highest BCUT2D eigenvalue weighted by Crippen LogP contribution is 2.35. The minimum absolute atomic E-state index is 0. The summed E-state index contributed by atoms with van der Waals surface area (Å²) in [6, 6.07) is 24.9. The Kier molecular flexibility index (Phi) is 5.95. The van der Waals surface area contributed by atoms with Gasteiger partial charge in [0.1, 0.15) is 11.4 Å². The largest absolute Gasteiger partial charge is 0.383 e. The molecule has 3 aromatic rings. The molecule has 0 fully saturated rings. The molecule has 27 heavy (non-hydrogen) atoms. The van der Waals surface area contributed by atoms with Crippen LogP contribution in [0.15, 0.2) is 78.9 Å². The molecular formula is C23H23ClFNO. The topological polar surface area (TPSA) is 23.5 Å². The first-order valence-electron chi connectivity index (χ1n) is 8.94. The van der Waals surface area contributed by atoms with Crippen molar-refractivity contribution in [2.45, 2.75) is 25.1 Å². The lowest BCUT2D eigenvalue weighted by Gasteiger charge is -2.41. The van der Waals surface area contributed by atoms with Crippen molar-refractivity contribution in [2.75, 3.05) is 6.54 Å². The van der Waals surface area contributed by atoms with Crippen molar-refractivity contribution in [3.8, 4) is 0 Å². The SMILES string of the molecule is Cl.OC1(Cc2ccccc2F)CN(Cc2ccccc2)Cc2ccccc21. The van der Waals surface area contributed by atoms with Gasteiger partial charge in [-0.1, -0.05) is 72.8 Å². The lowest BCUT2D eigenvalue weighted by molar-refractivity contribution is -0.0195. The molecule has 3 aromatic carbocycles. The van der Waals surface area contributed by atoms with Crippen LogP contribution in [0.1, 0.15) is 22.3 Å². The van der Waals surface area contributed by atoms with Crippen molar-refractivity contribution in [1.29, 1.82) is 0 Å². The van der Waals surface area contributed by atoms with Gasteiger partial charge in [0.15, 0.2) is 0 Å². The van der Waals surface area contributed by atoms with Crippen LogP contribution in [-0.2, 0) is 25.1 Å². The number of aliphatic hydroxyl groups is 1. The van der Waals surface area contributed by atoms with Gasteiger partial charge in [-0.05, 0) is 28.3 Å². The van der Waals surface area contributed by atoms with Gasteiger partial charge < -0.3 is 5.11 Å². The predicted molar refractivity (Wildman–Crippen MR) is 108 cm³/mol. The molecule has 1 aliphatic heterocycles. The molecule has 0 saturated carbocycles. The fourth-order valence-electron chi connectivity index (χ4n) is 3.93. The van der Waals surface area contributed by atoms with Crippen LogP contribution in [0.4, 0.5) is 4.39 Å². The van der Waals surface area contributed by atoms with E-state index in [0.717, 1.165) is 24.2 Å². The van der Waals surface area contributed by atoms with E-state index in [0.29, 0.717) is 12.1 Å². The Morgan fingerprint density at radius 3 is 2.33 bits per heavy atom. The molecule has 0 radical (unpaired) electrons. The Hall–Kier alpha value is -2.20. The maximum atomic E-state index is 14.2. The molecule has 4 heteroatoms. The molecule has 0 aliphatic carbocycles. The van der Waals surface area contributed by atoms with E-state index in [1.165, 1.54) is 11.6 Å². The first kappa shape index (κ1) is 19.6. The number of β-amino-alcohol motifs (C(OH)–C–C–N with tert-alkyl or cyclic N) is 1. The Morgan fingerprint density at radius 2 is 1.56 bits per heavy atom. The van der Waals surface area contributed by atoms with E-state index in [1.54, 1.807) is 12.1 Å². The summed E-state index contributed by atoms with van der Waals surface area (Å²) >= 11 is 0. The molecule has 1 heterocycles. The van der Waals surface area contributed by atoms with Crippen LogP contribution in [0.3, 0.4) is 0 Å². The molecule has 0 saturated heterocycles. The number of hydrogen-bond donors (Lipinski definition) is 1. The van der Waals surface area contributed by atoms with E-state index in [9.17, 15) is 9.50 Å². The Balaban J connectivity index is 0.00000210. The van der Waals surface area contributed by atoms with Crippen LogP contribution in [0.5, 0.6) is 0 Å². The first-order valence-corrected chi connectivity index (χ1v) is 8.94. The number of hydrogen-bond acceptors (Lipinski definition) is 2. The van der Waals surface area contributed by atoms with Crippen LogP contribution in [-0.4, -0.2) is 16.6 Å². The van der Waals surface area contributed by atoms with Crippen molar-refractivity contribution in [2.24, 2.45) is 0 Å². The zero-order chi connectivity index (χ0) is 18.0. The van der Waals surface area contributed by atoms with Crippen LogP contribution in [0.2, 0.25) is 0 Å².